The Kier molecular flexibility index (Phi) is 7.31. The molecule has 0 saturated carbocycles. The highest BCUT2D eigenvalue weighted by atomic mass is 19.4. The van der Waals surface area contributed by atoms with Gasteiger partial charge in [-0.15, -0.1) is 0 Å². The Labute approximate surface area is 148 Å². The average molecular weight is 361 g/mol. The smallest absolute Gasteiger partial charge is 0.357 e. The Bertz CT molecular complexity index is 570. The van der Waals surface area contributed by atoms with Gasteiger partial charge in [0.05, 0.1) is 6.54 Å². The maximum Gasteiger partial charge on any atom is 0.435 e. The largest absolute Gasteiger partial charge is 0.435 e. The third-order valence-corrected chi connectivity index (χ3v) is 3.64. The Balaban J connectivity index is 2.79. The maximum absolute atomic E-state index is 13.0. The summed E-state index contributed by atoms with van der Waals surface area (Å²) in [7, 11) is 1.47. The van der Waals surface area contributed by atoms with E-state index in [-0.39, 0.29) is 23.6 Å². The minimum Gasteiger partial charge on any atom is -0.357 e. The van der Waals surface area contributed by atoms with Crippen LogP contribution in [0.5, 0.6) is 0 Å². The Morgan fingerprint density at radius 3 is 2.48 bits per heavy atom. The van der Waals surface area contributed by atoms with Crippen LogP contribution in [0.15, 0.2) is 11.2 Å². The van der Waals surface area contributed by atoms with Crippen molar-refractivity contribution in [3.63, 3.8) is 0 Å². The van der Waals surface area contributed by atoms with Crippen LogP contribution >= 0.6 is 0 Å². The van der Waals surface area contributed by atoms with Gasteiger partial charge in [0.25, 0.3) is 0 Å². The van der Waals surface area contributed by atoms with E-state index in [4.69, 9.17) is 0 Å². The fourth-order valence-corrected chi connectivity index (χ4v) is 2.33. The van der Waals surface area contributed by atoms with Crippen LogP contribution in [0.2, 0.25) is 0 Å². The van der Waals surface area contributed by atoms with Crippen molar-refractivity contribution in [3.05, 3.63) is 17.5 Å². The SMILES string of the molecule is CCNC(=NCc1cn(C)nc1C(F)(F)F)NC(C)CCC(C)(C)C. The molecular formula is C17H30F3N5. The van der Waals surface area contributed by atoms with Gasteiger partial charge in [0.1, 0.15) is 0 Å². The summed E-state index contributed by atoms with van der Waals surface area (Å²) in [5.74, 6) is 0.515. The maximum atomic E-state index is 13.0. The molecule has 1 atom stereocenters. The number of rotatable bonds is 6. The fourth-order valence-electron chi connectivity index (χ4n) is 2.33. The van der Waals surface area contributed by atoms with Gasteiger partial charge in [0.15, 0.2) is 11.7 Å². The summed E-state index contributed by atoms with van der Waals surface area (Å²) in [5, 5.41) is 9.84. The van der Waals surface area contributed by atoms with E-state index in [9.17, 15) is 13.2 Å². The van der Waals surface area contributed by atoms with E-state index in [0.29, 0.717) is 12.5 Å². The molecule has 1 heterocycles. The summed E-state index contributed by atoms with van der Waals surface area (Å²) in [5.41, 5.74) is -0.576. The first-order chi connectivity index (χ1) is 11.4. The minimum absolute atomic E-state index is 0.0644. The molecule has 1 aromatic rings. The fraction of sp³-hybridized carbons (Fsp3) is 0.765. The molecule has 0 spiro atoms. The van der Waals surface area contributed by atoms with Gasteiger partial charge >= 0.3 is 6.18 Å². The first kappa shape index (κ1) is 21.3. The lowest BCUT2D eigenvalue weighted by Crippen LogP contribution is -2.42. The molecule has 0 bridgehead atoms. The predicted molar refractivity (Wildman–Crippen MR) is 94.3 cm³/mol. The van der Waals surface area contributed by atoms with E-state index in [0.717, 1.165) is 12.8 Å². The van der Waals surface area contributed by atoms with E-state index >= 15 is 0 Å². The minimum atomic E-state index is -4.47. The molecular weight excluding hydrogens is 331 g/mol. The van der Waals surface area contributed by atoms with Crippen molar-refractivity contribution in [2.24, 2.45) is 17.5 Å². The number of hydrogen-bond donors (Lipinski definition) is 2. The molecule has 1 unspecified atom stereocenters. The second-order valence-corrected chi connectivity index (χ2v) is 7.51. The summed E-state index contributed by atoms with van der Waals surface area (Å²) < 4.78 is 40.2. The topological polar surface area (TPSA) is 54.2 Å². The van der Waals surface area contributed by atoms with E-state index in [2.05, 4.69) is 41.5 Å². The lowest BCUT2D eigenvalue weighted by Gasteiger charge is -2.23. The average Bonchev–Trinajstić information content (AvgIpc) is 2.83. The van der Waals surface area contributed by atoms with Gasteiger partial charge in [-0.25, -0.2) is 4.99 Å². The third-order valence-electron chi connectivity index (χ3n) is 3.64. The van der Waals surface area contributed by atoms with Crippen LogP contribution in [0.3, 0.4) is 0 Å². The van der Waals surface area contributed by atoms with Gasteiger partial charge in [-0.05, 0) is 32.1 Å². The van der Waals surface area contributed by atoms with Crippen molar-refractivity contribution in [1.29, 1.82) is 0 Å². The molecule has 25 heavy (non-hydrogen) atoms. The molecule has 0 aliphatic rings. The van der Waals surface area contributed by atoms with E-state index in [1.165, 1.54) is 17.9 Å². The zero-order chi connectivity index (χ0) is 19.3. The van der Waals surface area contributed by atoms with Crippen molar-refractivity contribution in [2.45, 2.75) is 66.2 Å². The summed E-state index contributed by atoms with van der Waals surface area (Å²) in [6, 6.07) is 0.174. The molecule has 0 saturated heterocycles. The van der Waals surface area contributed by atoms with Crippen LogP contribution in [0, 0.1) is 5.41 Å². The zero-order valence-corrected chi connectivity index (χ0v) is 16.0. The number of alkyl halides is 3. The normalized spacial score (nSPS) is 14.5. The van der Waals surface area contributed by atoms with Crippen molar-refractivity contribution in [3.8, 4) is 0 Å². The molecule has 0 aromatic carbocycles. The number of nitrogens with one attached hydrogen (secondary N) is 2. The zero-order valence-electron chi connectivity index (χ0n) is 16.0. The highest BCUT2D eigenvalue weighted by molar-refractivity contribution is 5.80. The summed E-state index contributed by atoms with van der Waals surface area (Å²) in [4.78, 5) is 4.30. The van der Waals surface area contributed by atoms with Crippen LogP contribution in [-0.4, -0.2) is 28.3 Å². The summed E-state index contributed by atoms with van der Waals surface area (Å²) in [6.07, 6.45) is -1.12. The molecule has 8 heteroatoms. The molecule has 0 radical (unpaired) electrons. The van der Waals surface area contributed by atoms with E-state index in [1.54, 1.807) is 0 Å². The second-order valence-electron chi connectivity index (χ2n) is 7.51. The van der Waals surface area contributed by atoms with Gasteiger partial charge in [-0.1, -0.05) is 20.8 Å². The highest BCUT2D eigenvalue weighted by Gasteiger charge is 2.36. The third kappa shape index (κ3) is 7.79. The van der Waals surface area contributed by atoms with Gasteiger partial charge in [0.2, 0.25) is 0 Å². The molecule has 5 nitrogen and oxygen atoms in total. The van der Waals surface area contributed by atoms with Crippen molar-refractivity contribution < 1.29 is 13.2 Å². The van der Waals surface area contributed by atoms with E-state index in [1.807, 2.05) is 13.8 Å². The van der Waals surface area contributed by atoms with Gasteiger partial charge in [-0.2, -0.15) is 18.3 Å². The van der Waals surface area contributed by atoms with Gasteiger partial charge in [0, 0.05) is 31.4 Å². The number of hydrogen-bond acceptors (Lipinski definition) is 2. The lowest BCUT2D eigenvalue weighted by atomic mass is 9.89. The first-order valence-corrected chi connectivity index (χ1v) is 8.57. The monoisotopic (exact) mass is 361 g/mol. The van der Waals surface area contributed by atoms with Crippen LogP contribution in [0.25, 0.3) is 0 Å². The number of guanidine groups is 1. The van der Waals surface area contributed by atoms with Crippen LogP contribution in [0.1, 0.15) is 58.7 Å². The second kappa shape index (κ2) is 8.58. The van der Waals surface area contributed by atoms with Crippen LogP contribution < -0.4 is 10.6 Å². The summed E-state index contributed by atoms with van der Waals surface area (Å²) in [6.45, 7) is 11.1. The summed E-state index contributed by atoms with van der Waals surface area (Å²) >= 11 is 0. The molecule has 1 aromatic heterocycles. The molecule has 0 fully saturated rings. The highest BCUT2D eigenvalue weighted by Crippen LogP contribution is 2.30. The standard InChI is InChI=1S/C17H30F3N5/c1-7-21-15(23-12(2)8-9-16(3,4)5)22-10-13-11-25(6)24-14(13)17(18,19)20/h11-12H,7-10H2,1-6H3,(H2,21,22,23). The molecule has 1 rings (SSSR count). The lowest BCUT2D eigenvalue weighted by molar-refractivity contribution is -0.142. The van der Waals surface area contributed by atoms with Crippen LogP contribution in [-0.2, 0) is 19.8 Å². The Morgan fingerprint density at radius 2 is 1.96 bits per heavy atom. The van der Waals surface area contributed by atoms with Gasteiger partial charge in [-0.3, -0.25) is 4.68 Å². The molecule has 0 aliphatic heterocycles. The number of aliphatic imine (C=N–C) groups is 1. The number of nitrogens with zero attached hydrogens (tertiary/aromatic N) is 3. The van der Waals surface area contributed by atoms with Gasteiger partial charge < -0.3 is 10.6 Å². The van der Waals surface area contributed by atoms with Crippen molar-refractivity contribution in [2.75, 3.05) is 6.54 Å². The molecule has 0 amide bonds. The van der Waals surface area contributed by atoms with E-state index < -0.39 is 11.9 Å². The quantitative estimate of drug-likeness (QED) is 0.600. The Hall–Kier alpha value is -1.73. The first-order valence-electron chi connectivity index (χ1n) is 8.57. The number of aromatic nitrogens is 2. The predicted octanol–water partition coefficient (Wildman–Crippen LogP) is 3.71. The van der Waals surface area contributed by atoms with Crippen LogP contribution in [0.4, 0.5) is 13.2 Å². The number of aryl methyl sites for hydroxylation is 1. The molecule has 0 aliphatic carbocycles. The molecule has 2 N–H and O–H groups in total. The Morgan fingerprint density at radius 1 is 1.32 bits per heavy atom. The van der Waals surface area contributed by atoms with Crippen molar-refractivity contribution in [1.82, 2.24) is 20.4 Å². The number of halogens is 3. The molecule has 144 valence electrons. The van der Waals surface area contributed by atoms with Crippen molar-refractivity contribution >= 4 is 5.96 Å².